The molecule has 0 saturated carbocycles. The molecule has 1 N–H and O–H groups in total. The molecule has 25 heavy (non-hydrogen) atoms. The number of carbonyl (C=O) groups is 2. The topological polar surface area (TPSA) is 49.4 Å². The van der Waals surface area contributed by atoms with Gasteiger partial charge >= 0.3 is 0 Å². The lowest BCUT2D eigenvalue weighted by atomic mass is 9.99. The molecule has 4 nitrogen and oxygen atoms in total. The first-order chi connectivity index (χ1) is 12.1. The second-order valence-corrected chi connectivity index (χ2v) is 6.64. The van der Waals surface area contributed by atoms with E-state index in [0.29, 0.717) is 36.5 Å². The van der Waals surface area contributed by atoms with E-state index < -0.39 is 0 Å². The Hall–Kier alpha value is -2.33. The maximum Gasteiger partial charge on any atom is 0.251 e. The first kappa shape index (κ1) is 17.5. The number of nitrogens with one attached hydrogen (secondary N) is 1. The molecule has 0 aliphatic carbocycles. The van der Waals surface area contributed by atoms with Gasteiger partial charge in [0, 0.05) is 36.6 Å². The highest BCUT2D eigenvalue weighted by Gasteiger charge is 2.19. The Labute approximate surface area is 152 Å². The van der Waals surface area contributed by atoms with Crippen LogP contribution in [0.2, 0.25) is 5.02 Å². The number of carbonyl (C=O) groups excluding carboxylic acids is 2. The lowest BCUT2D eigenvalue weighted by molar-refractivity contribution is -0.132. The van der Waals surface area contributed by atoms with E-state index >= 15 is 0 Å². The van der Waals surface area contributed by atoms with Crippen LogP contribution in [0.4, 0.5) is 0 Å². The molecule has 0 bridgehead atoms. The van der Waals surface area contributed by atoms with E-state index in [1.54, 1.807) is 24.3 Å². The average molecular weight is 357 g/mol. The van der Waals surface area contributed by atoms with Crippen LogP contribution in [0.15, 0.2) is 48.5 Å². The Balaban J connectivity index is 1.41. The fraction of sp³-hybridized carbons (Fsp3) is 0.300. The van der Waals surface area contributed by atoms with Gasteiger partial charge in [0.05, 0.1) is 0 Å². The molecule has 1 aliphatic rings. The number of hydrogen-bond acceptors (Lipinski definition) is 2. The largest absolute Gasteiger partial charge is 0.352 e. The van der Waals surface area contributed by atoms with Crippen molar-refractivity contribution >= 4 is 23.4 Å². The summed E-state index contributed by atoms with van der Waals surface area (Å²) >= 11 is 5.81. The summed E-state index contributed by atoms with van der Waals surface area (Å²) in [6.07, 6.45) is 1.99. The second-order valence-electron chi connectivity index (χ2n) is 6.20. The maximum atomic E-state index is 12.4. The van der Waals surface area contributed by atoms with Crippen LogP contribution in [0.3, 0.4) is 0 Å². The first-order valence-corrected chi connectivity index (χ1v) is 8.89. The van der Waals surface area contributed by atoms with Gasteiger partial charge in [-0.3, -0.25) is 9.59 Å². The molecule has 2 aromatic rings. The Morgan fingerprint density at radius 3 is 2.52 bits per heavy atom. The van der Waals surface area contributed by atoms with Gasteiger partial charge in [0.1, 0.15) is 0 Å². The molecule has 130 valence electrons. The second kappa shape index (κ2) is 8.17. The van der Waals surface area contributed by atoms with Crippen molar-refractivity contribution in [2.75, 3.05) is 13.1 Å². The minimum Gasteiger partial charge on any atom is -0.352 e. The third-order valence-corrected chi connectivity index (χ3v) is 4.69. The summed E-state index contributed by atoms with van der Waals surface area (Å²) < 4.78 is 0. The maximum absolute atomic E-state index is 12.4. The van der Waals surface area contributed by atoms with Gasteiger partial charge in [0.25, 0.3) is 5.91 Å². The van der Waals surface area contributed by atoms with E-state index in [-0.39, 0.29) is 11.8 Å². The molecule has 0 fully saturated rings. The van der Waals surface area contributed by atoms with Gasteiger partial charge in [-0.05, 0) is 48.2 Å². The minimum atomic E-state index is -0.143. The molecule has 0 radical (unpaired) electrons. The van der Waals surface area contributed by atoms with Crippen molar-refractivity contribution in [3.63, 3.8) is 0 Å². The van der Waals surface area contributed by atoms with Crippen LogP contribution >= 0.6 is 11.6 Å². The lowest BCUT2D eigenvalue weighted by Gasteiger charge is -2.29. The van der Waals surface area contributed by atoms with Crippen LogP contribution < -0.4 is 5.32 Å². The van der Waals surface area contributed by atoms with Gasteiger partial charge in [-0.15, -0.1) is 0 Å². The Kier molecular flexibility index (Phi) is 5.71. The number of nitrogens with zero attached hydrogens (tertiary/aromatic N) is 1. The Morgan fingerprint density at radius 2 is 1.76 bits per heavy atom. The third kappa shape index (κ3) is 4.60. The molecule has 0 saturated heterocycles. The highest BCUT2D eigenvalue weighted by molar-refractivity contribution is 6.30. The lowest BCUT2D eigenvalue weighted by Crippen LogP contribution is -2.36. The van der Waals surface area contributed by atoms with Crippen molar-refractivity contribution in [3.8, 4) is 0 Å². The summed E-state index contributed by atoms with van der Waals surface area (Å²) in [5.74, 6) is 0.00580. The van der Waals surface area contributed by atoms with Crippen molar-refractivity contribution in [1.29, 1.82) is 0 Å². The van der Waals surface area contributed by atoms with Crippen LogP contribution in [0.25, 0.3) is 0 Å². The summed E-state index contributed by atoms with van der Waals surface area (Å²) in [7, 11) is 0. The summed E-state index contributed by atoms with van der Waals surface area (Å²) in [6.45, 7) is 1.94. The highest BCUT2D eigenvalue weighted by Crippen LogP contribution is 2.19. The monoisotopic (exact) mass is 356 g/mol. The smallest absolute Gasteiger partial charge is 0.251 e. The molecular formula is C20H21ClN2O2. The van der Waals surface area contributed by atoms with Crippen LogP contribution in [0.1, 0.15) is 34.3 Å². The van der Waals surface area contributed by atoms with Crippen LogP contribution in [0.5, 0.6) is 0 Å². The third-order valence-electron chi connectivity index (χ3n) is 4.44. The number of hydrogen-bond donors (Lipinski definition) is 1. The molecule has 3 rings (SSSR count). The highest BCUT2D eigenvalue weighted by atomic mass is 35.5. The summed E-state index contributed by atoms with van der Waals surface area (Å²) in [6, 6.07) is 15.0. The normalized spacial score (nSPS) is 13.2. The number of rotatable bonds is 5. The van der Waals surface area contributed by atoms with Gasteiger partial charge in [0.15, 0.2) is 0 Å². The van der Waals surface area contributed by atoms with E-state index in [2.05, 4.69) is 17.4 Å². The zero-order valence-electron chi connectivity index (χ0n) is 14.0. The van der Waals surface area contributed by atoms with Crippen molar-refractivity contribution in [2.45, 2.75) is 25.8 Å². The Morgan fingerprint density at radius 1 is 1.04 bits per heavy atom. The molecule has 0 unspecified atom stereocenters. The SMILES string of the molecule is O=C(NCCCC(=O)N1CCc2ccccc2C1)c1ccc(Cl)cc1. The molecule has 2 aromatic carbocycles. The zero-order valence-corrected chi connectivity index (χ0v) is 14.8. The number of benzene rings is 2. The van der Waals surface area contributed by atoms with Gasteiger partial charge < -0.3 is 10.2 Å². The molecule has 2 amide bonds. The molecule has 1 aliphatic heterocycles. The summed E-state index contributed by atoms with van der Waals surface area (Å²) in [5, 5.41) is 3.44. The fourth-order valence-electron chi connectivity index (χ4n) is 3.01. The van der Waals surface area contributed by atoms with Gasteiger partial charge in [0.2, 0.25) is 5.91 Å². The Bertz CT molecular complexity index is 759. The van der Waals surface area contributed by atoms with E-state index in [4.69, 9.17) is 11.6 Å². The zero-order chi connectivity index (χ0) is 17.6. The van der Waals surface area contributed by atoms with Crippen molar-refractivity contribution in [3.05, 3.63) is 70.2 Å². The molecule has 0 aromatic heterocycles. The van der Waals surface area contributed by atoms with Crippen molar-refractivity contribution < 1.29 is 9.59 Å². The molecular weight excluding hydrogens is 336 g/mol. The minimum absolute atomic E-state index is 0.143. The fourth-order valence-corrected chi connectivity index (χ4v) is 3.14. The standard InChI is InChI=1S/C20H21ClN2O2/c21-18-9-7-16(8-10-18)20(25)22-12-3-6-19(24)23-13-11-15-4-1-2-5-17(15)14-23/h1-2,4-5,7-10H,3,6,11-14H2,(H,22,25). The molecule has 0 atom stereocenters. The molecule has 5 heteroatoms. The van der Waals surface area contributed by atoms with Crippen LogP contribution in [-0.4, -0.2) is 29.8 Å². The van der Waals surface area contributed by atoms with Gasteiger partial charge in [-0.1, -0.05) is 35.9 Å². The van der Waals surface area contributed by atoms with E-state index in [0.717, 1.165) is 13.0 Å². The average Bonchev–Trinajstić information content (AvgIpc) is 2.65. The van der Waals surface area contributed by atoms with Crippen LogP contribution in [0, 0.1) is 0 Å². The summed E-state index contributed by atoms with van der Waals surface area (Å²) in [5.41, 5.74) is 3.14. The van der Waals surface area contributed by atoms with Crippen LogP contribution in [-0.2, 0) is 17.8 Å². The molecule has 0 spiro atoms. The van der Waals surface area contributed by atoms with E-state index in [9.17, 15) is 9.59 Å². The van der Waals surface area contributed by atoms with Crippen molar-refractivity contribution in [2.24, 2.45) is 0 Å². The summed E-state index contributed by atoms with van der Waals surface area (Å²) in [4.78, 5) is 26.3. The van der Waals surface area contributed by atoms with Gasteiger partial charge in [-0.2, -0.15) is 0 Å². The number of amides is 2. The molecule has 1 heterocycles. The van der Waals surface area contributed by atoms with Crippen molar-refractivity contribution in [1.82, 2.24) is 10.2 Å². The van der Waals surface area contributed by atoms with E-state index in [1.807, 2.05) is 17.0 Å². The predicted molar refractivity (Wildman–Crippen MR) is 98.6 cm³/mol. The number of halogens is 1. The first-order valence-electron chi connectivity index (χ1n) is 8.52. The number of fused-ring (bicyclic) bond motifs is 1. The quantitative estimate of drug-likeness (QED) is 0.834. The van der Waals surface area contributed by atoms with Gasteiger partial charge in [-0.25, -0.2) is 0 Å². The predicted octanol–water partition coefficient (Wildman–Crippen LogP) is 3.43. The van der Waals surface area contributed by atoms with E-state index in [1.165, 1.54) is 11.1 Å².